The van der Waals surface area contributed by atoms with Crippen LogP contribution >= 0.6 is 0 Å². The van der Waals surface area contributed by atoms with Crippen molar-refractivity contribution in [2.75, 3.05) is 27.2 Å². The maximum absolute atomic E-state index is 13.1. The predicted molar refractivity (Wildman–Crippen MR) is 114 cm³/mol. The van der Waals surface area contributed by atoms with E-state index >= 15 is 0 Å². The topological polar surface area (TPSA) is 145 Å². The molecule has 0 spiro atoms. The molecule has 0 bridgehead atoms. The first-order valence-electron chi connectivity index (χ1n) is 9.61. The van der Waals surface area contributed by atoms with Crippen LogP contribution < -0.4 is 0 Å². The van der Waals surface area contributed by atoms with Gasteiger partial charge < -0.3 is 19.5 Å². The molecule has 0 saturated carbocycles. The lowest BCUT2D eigenvalue weighted by molar-refractivity contribution is -0.394. The second-order valence-corrected chi connectivity index (χ2v) is 7.84. The fourth-order valence-corrected chi connectivity index (χ4v) is 2.97. The molecule has 11 nitrogen and oxygen atoms in total. The van der Waals surface area contributed by atoms with Gasteiger partial charge in [0.1, 0.15) is 5.60 Å². The van der Waals surface area contributed by atoms with E-state index in [2.05, 4.69) is 0 Å². The van der Waals surface area contributed by atoms with Gasteiger partial charge in [-0.15, -0.1) is 0 Å². The number of benzene rings is 2. The van der Waals surface area contributed by atoms with Crippen molar-refractivity contribution in [3.05, 3.63) is 79.9 Å². The molecule has 1 unspecified atom stereocenters. The number of aliphatic hydroxyl groups is 1. The Kier molecular flexibility index (Phi) is 7.62. The molecule has 0 fully saturated rings. The number of esters is 1. The van der Waals surface area contributed by atoms with Crippen LogP contribution in [0.2, 0.25) is 0 Å². The van der Waals surface area contributed by atoms with Crippen LogP contribution in [0.5, 0.6) is 0 Å². The van der Waals surface area contributed by atoms with Crippen molar-refractivity contribution >= 4 is 17.3 Å². The fraction of sp³-hybridized carbons (Fsp3) is 0.381. The molecule has 0 amide bonds. The molecular weight excluding hydrogens is 422 g/mol. The van der Waals surface area contributed by atoms with Gasteiger partial charge in [0.05, 0.1) is 28.1 Å². The van der Waals surface area contributed by atoms with Gasteiger partial charge in [-0.05, 0) is 27.9 Å². The summed E-state index contributed by atoms with van der Waals surface area (Å²) in [5, 5.41) is 33.4. The summed E-state index contributed by atoms with van der Waals surface area (Å²) >= 11 is 0. The molecule has 0 aromatic heterocycles. The first-order chi connectivity index (χ1) is 14.9. The number of carbonyl (C=O) groups excluding carboxylic acids is 1. The molecule has 1 atom stereocenters. The molecule has 0 saturated heterocycles. The van der Waals surface area contributed by atoms with E-state index in [1.165, 1.54) is 13.8 Å². The van der Waals surface area contributed by atoms with Crippen molar-refractivity contribution in [1.29, 1.82) is 0 Å². The average molecular weight is 447 g/mol. The minimum absolute atomic E-state index is 0.0637. The largest absolute Gasteiger partial charge is 0.422 e. The first kappa shape index (κ1) is 24.9. The summed E-state index contributed by atoms with van der Waals surface area (Å²) in [6.07, 6.45) is 0. The van der Waals surface area contributed by atoms with Crippen LogP contribution in [-0.2, 0) is 15.3 Å². The Morgan fingerprint density at radius 2 is 1.56 bits per heavy atom. The van der Waals surface area contributed by atoms with Crippen LogP contribution in [0, 0.1) is 20.2 Å². The number of rotatable bonds is 10. The summed E-state index contributed by atoms with van der Waals surface area (Å²) in [5.74, 6) is -3.13. The Labute approximate surface area is 184 Å². The highest BCUT2D eigenvalue weighted by atomic mass is 16.7. The molecule has 0 radical (unpaired) electrons. The van der Waals surface area contributed by atoms with Crippen molar-refractivity contribution in [1.82, 2.24) is 4.90 Å². The Bertz CT molecular complexity index is 956. The smallest absolute Gasteiger partial charge is 0.341 e. The Morgan fingerprint density at radius 1 is 1.03 bits per heavy atom. The number of nitro benzene ring substituents is 2. The van der Waals surface area contributed by atoms with E-state index < -0.39 is 44.1 Å². The van der Waals surface area contributed by atoms with Gasteiger partial charge in [-0.25, -0.2) is 4.79 Å². The normalized spacial score (nSPS) is 13.4. The lowest BCUT2D eigenvalue weighted by Crippen LogP contribution is -2.53. The maximum atomic E-state index is 13.1. The lowest BCUT2D eigenvalue weighted by atomic mass is 9.89. The lowest BCUT2D eigenvalue weighted by Gasteiger charge is -2.42. The molecule has 0 aliphatic carbocycles. The molecule has 0 aliphatic heterocycles. The fourth-order valence-electron chi connectivity index (χ4n) is 2.97. The molecule has 2 aromatic carbocycles. The molecule has 1 N–H and O–H groups in total. The van der Waals surface area contributed by atoms with Gasteiger partial charge in [0.25, 0.3) is 17.2 Å². The van der Waals surface area contributed by atoms with Crippen molar-refractivity contribution in [3.63, 3.8) is 0 Å². The summed E-state index contributed by atoms with van der Waals surface area (Å²) in [7, 11) is 3.62. The maximum Gasteiger partial charge on any atom is 0.341 e. The van der Waals surface area contributed by atoms with E-state index in [0.29, 0.717) is 12.1 Å². The third kappa shape index (κ3) is 5.63. The number of ether oxygens (including phenoxy) is 2. The monoisotopic (exact) mass is 447 g/mol. The third-order valence-electron chi connectivity index (χ3n) is 4.60. The summed E-state index contributed by atoms with van der Waals surface area (Å²) in [6, 6.07) is 10.7. The highest BCUT2D eigenvalue weighted by Crippen LogP contribution is 2.39. The second kappa shape index (κ2) is 9.81. The molecule has 172 valence electrons. The van der Waals surface area contributed by atoms with Gasteiger partial charge in [-0.2, -0.15) is 0 Å². The minimum Gasteiger partial charge on any atom is -0.422 e. The highest BCUT2D eigenvalue weighted by molar-refractivity contribution is 5.91. The van der Waals surface area contributed by atoms with Gasteiger partial charge in [0, 0.05) is 24.2 Å². The van der Waals surface area contributed by atoms with Gasteiger partial charge >= 0.3 is 5.97 Å². The van der Waals surface area contributed by atoms with Crippen molar-refractivity contribution in [2.24, 2.45) is 0 Å². The molecule has 2 rings (SSSR count). The predicted octanol–water partition coefficient (Wildman–Crippen LogP) is 2.86. The molecule has 11 heteroatoms. The standard InChI is InChI=1S/C21H25N3O8/c1-20(2,26)21(31-11-10-22(3)4,16-8-6-5-7-9-16)32-19(25)15-12-17(23(27)28)14-18(13-15)24(29)30/h5-9,12-14,26H,10-11H2,1-4H3. The quantitative estimate of drug-likeness (QED) is 0.251. The highest BCUT2D eigenvalue weighted by Gasteiger charge is 2.51. The van der Waals surface area contributed by atoms with Gasteiger partial charge in [-0.3, -0.25) is 20.2 Å². The third-order valence-corrected chi connectivity index (χ3v) is 4.60. The van der Waals surface area contributed by atoms with Crippen LogP contribution in [0.4, 0.5) is 11.4 Å². The van der Waals surface area contributed by atoms with E-state index in [4.69, 9.17) is 9.47 Å². The summed E-state index contributed by atoms with van der Waals surface area (Å²) in [4.78, 5) is 35.6. The zero-order valence-electron chi connectivity index (χ0n) is 18.2. The zero-order valence-corrected chi connectivity index (χ0v) is 18.2. The second-order valence-electron chi connectivity index (χ2n) is 7.84. The average Bonchev–Trinajstić information content (AvgIpc) is 2.72. The van der Waals surface area contributed by atoms with Gasteiger partial charge in [0.15, 0.2) is 0 Å². The van der Waals surface area contributed by atoms with E-state index in [0.717, 1.165) is 18.2 Å². The van der Waals surface area contributed by atoms with Gasteiger partial charge in [0.2, 0.25) is 0 Å². The van der Waals surface area contributed by atoms with Crippen LogP contribution in [0.15, 0.2) is 48.5 Å². The van der Waals surface area contributed by atoms with E-state index in [1.807, 2.05) is 19.0 Å². The van der Waals surface area contributed by atoms with Crippen molar-refractivity contribution in [3.8, 4) is 0 Å². The molecule has 0 aliphatic rings. The summed E-state index contributed by atoms with van der Waals surface area (Å²) in [5.41, 5.74) is -3.16. The summed E-state index contributed by atoms with van der Waals surface area (Å²) < 4.78 is 11.6. The molecule has 0 heterocycles. The van der Waals surface area contributed by atoms with E-state index in [9.17, 15) is 30.1 Å². The minimum atomic E-state index is -2.00. The van der Waals surface area contributed by atoms with Crippen LogP contribution in [0.25, 0.3) is 0 Å². The molecule has 32 heavy (non-hydrogen) atoms. The number of nitro groups is 2. The van der Waals surface area contributed by atoms with Gasteiger partial charge in [-0.1, -0.05) is 30.3 Å². The number of carbonyl (C=O) groups is 1. The van der Waals surface area contributed by atoms with Crippen molar-refractivity contribution < 1.29 is 29.2 Å². The van der Waals surface area contributed by atoms with Crippen LogP contribution in [0.1, 0.15) is 29.8 Å². The Balaban J connectivity index is 2.57. The Morgan fingerprint density at radius 3 is 2.00 bits per heavy atom. The number of likely N-dealkylation sites (N-methyl/N-ethyl adjacent to an activating group) is 1. The molecule has 2 aromatic rings. The van der Waals surface area contributed by atoms with Crippen molar-refractivity contribution in [2.45, 2.75) is 25.2 Å². The summed E-state index contributed by atoms with van der Waals surface area (Å²) in [6.45, 7) is 3.27. The number of nitrogens with zero attached hydrogens (tertiary/aromatic N) is 3. The SMILES string of the molecule is CN(C)CCOC(OC(=O)c1cc([N+](=O)[O-])cc([N+](=O)[O-])c1)(c1ccccc1)C(C)(C)O. The number of hydrogen-bond donors (Lipinski definition) is 1. The number of non-ortho nitro benzene ring substituents is 2. The van der Waals surface area contributed by atoms with E-state index in [1.54, 1.807) is 30.3 Å². The number of hydrogen-bond acceptors (Lipinski definition) is 9. The van der Waals surface area contributed by atoms with E-state index in [-0.39, 0.29) is 6.61 Å². The van der Waals surface area contributed by atoms with Crippen LogP contribution in [0.3, 0.4) is 0 Å². The first-order valence-corrected chi connectivity index (χ1v) is 9.61. The molecular formula is C21H25N3O8. The Hall–Kier alpha value is -3.41. The zero-order chi connectivity index (χ0) is 24.1. The van der Waals surface area contributed by atoms with Crippen LogP contribution in [-0.4, -0.2) is 58.7 Å².